The van der Waals surface area contributed by atoms with Crippen molar-refractivity contribution >= 4 is 11.8 Å². The van der Waals surface area contributed by atoms with Crippen LogP contribution in [0.1, 0.15) is 17.3 Å². The highest BCUT2D eigenvalue weighted by molar-refractivity contribution is 6.02. The quantitative estimate of drug-likeness (QED) is 0.472. The topological polar surface area (TPSA) is 113 Å². The number of ether oxygens (including phenoxy) is 1. The summed E-state index contributed by atoms with van der Waals surface area (Å²) in [6.07, 6.45) is 0. The molecule has 0 atom stereocenters. The van der Waals surface area contributed by atoms with E-state index in [0.29, 0.717) is 0 Å². The molecule has 1 rings (SSSR count). The molecule has 0 bridgehead atoms. The molecule has 19 heavy (non-hydrogen) atoms. The molecule has 0 spiro atoms. The van der Waals surface area contributed by atoms with Gasteiger partial charge in [-0.3, -0.25) is 4.79 Å². The molecule has 0 fully saturated rings. The third-order valence-electron chi connectivity index (χ3n) is 2.20. The van der Waals surface area contributed by atoms with Gasteiger partial charge in [-0.15, -0.1) is 0 Å². The fraction of sp³-hybridized carbons (Fsp3) is 0.154. The number of hydrogen-bond acceptors (Lipinski definition) is 6. The monoisotopic (exact) mass is 260 g/mol. The molecule has 0 heterocycles. The number of phenols is 1. The van der Waals surface area contributed by atoms with Crippen LogP contribution in [-0.2, 0) is 9.53 Å². The molecule has 6 nitrogen and oxygen atoms in total. The Morgan fingerprint density at radius 2 is 2.16 bits per heavy atom. The van der Waals surface area contributed by atoms with Crippen LogP contribution in [-0.4, -0.2) is 23.5 Å². The van der Waals surface area contributed by atoms with E-state index < -0.39 is 18.4 Å². The summed E-state index contributed by atoms with van der Waals surface area (Å²) >= 11 is 0. The normalized spacial score (nSPS) is 11.2. The van der Waals surface area contributed by atoms with Crippen molar-refractivity contribution in [3.63, 3.8) is 0 Å². The van der Waals surface area contributed by atoms with Crippen molar-refractivity contribution in [1.29, 1.82) is 5.26 Å². The summed E-state index contributed by atoms with van der Waals surface area (Å²) < 4.78 is 4.74. The fourth-order valence-corrected chi connectivity index (χ4v) is 1.29. The van der Waals surface area contributed by atoms with E-state index in [0.717, 1.165) is 0 Å². The number of phenolic OH excluding ortho intramolecular Hbond substituents is 1. The predicted molar refractivity (Wildman–Crippen MR) is 65.9 cm³/mol. The van der Waals surface area contributed by atoms with Gasteiger partial charge in [0.05, 0.1) is 5.56 Å². The molecule has 3 N–H and O–H groups in total. The third-order valence-corrected chi connectivity index (χ3v) is 2.20. The summed E-state index contributed by atoms with van der Waals surface area (Å²) in [6, 6.07) is 7.16. The van der Waals surface area contributed by atoms with E-state index in [1.165, 1.54) is 31.2 Å². The molecule has 1 aromatic carbocycles. The van der Waals surface area contributed by atoms with Gasteiger partial charge in [0.25, 0.3) is 0 Å². The first-order chi connectivity index (χ1) is 8.95. The Morgan fingerprint density at radius 1 is 1.47 bits per heavy atom. The van der Waals surface area contributed by atoms with Crippen molar-refractivity contribution in [2.75, 3.05) is 6.61 Å². The van der Waals surface area contributed by atoms with E-state index >= 15 is 0 Å². The zero-order valence-electron chi connectivity index (χ0n) is 10.2. The van der Waals surface area contributed by atoms with E-state index in [2.05, 4.69) is 0 Å². The van der Waals surface area contributed by atoms with Gasteiger partial charge in [0.1, 0.15) is 17.4 Å². The van der Waals surface area contributed by atoms with Gasteiger partial charge >= 0.3 is 5.97 Å². The number of Topliss-reactive ketones (excluding diaryl/α,β-unsaturated/α-hetero) is 1. The minimum atomic E-state index is -0.767. The first-order valence-corrected chi connectivity index (χ1v) is 5.31. The number of allylic oxidation sites excluding steroid dienone is 1. The van der Waals surface area contributed by atoms with Gasteiger partial charge in [0.15, 0.2) is 6.61 Å². The maximum absolute atomic E-state index is 11.6. The van der Waals surface area contributed by atoms with Crippen LogP contribution >= 0.6 is 0 Å². The average Bonchev–Trinajstić information content (AvgIpc) is 2.36. The highest BCUT2D eigenvalue weighted by atomic mass is 16.5. The van der Waals surface area contributed by atoms with Crippen LogP contribution in [0.3, 0.4) is 0 Å². The molecule has 0 aromatic heterocycles. The van der Waals surface area contributed by atoms with Crippen LogP contribution in [0.25, 0.3) is 0 Å². The summed E-state index contributed by atoms with van der Waals surface area (Å²) in [6.45, 7) is 0.833. The molecule has 0 saturated carbocycles. The average molecular weight is 260 g/mol. The number of carbonyl (C=O) groups excluding carboxylic acids is 2. The van der Waals surface area contributed by atoms with Gasteiger partial charge in [-0.05, 0) is 25.1 Å². The van der Waals surface area contributed by atoms with Crippen molar-refractivity contribution in [2.24, 2.45) is 5.73 Å². The van der Waals surface area contributed by atoms with E-state index in [1.807, 2.05) is 0 Å². The minimum Gasteiger partial charge on any atom is -0.508 e. The van der Waals surface area contributed by atoms with Crippen LogP contribution in [0.5, 0.6) is 5.75 Å². The molecule has 98 valence electrons. The lowest BCUT2D eigenvalue weighted by Gasteiger charge is -2.04. The number of esters is 1. The van der Waals surface area contributed by atoms with Gasteiger partial charge in [0.2, 0.25) is 5.78 Å². The Labute approximate surface area is 109 Å². The van der Waals surface area contributed by atoms with Crippen molar-refractivity contribution in [1.82, 2.24) is 0 Å². The second kappa shape index (κ2) is 6.21. The predicted octanol–water partition coefficient (Wildman–Crippen LogP) is 0.874. The summed E-state index contributed by atoms with van der Waals surface area (Å²) in [4.78, 5) is 23.1. The van der Waals surface area contributed by atoms with E-state index in [-0.39, 0.29) is 22.6 Å². The largest absolute Gasteiger partial charge is 0.508 e. The lowest BCUT2D eigenvalue weighted by molar-refractivity contribution is -0.118. The number of nitriles is 1. The SMILES string of the molecule is CC(N)=C(C#N)C(=O)COC(=O)c1cccc(O)c1. The number of aromatic hydroxyl groups is 1. The molecule has 1 aromatic rings. The van der Waals surface area contributed by atoms with Crippen molar-refractivity contribution < 1.29 is 19.4 Å². The Kier molecular flexibility index (Phi) is 4.66. The molecule has 0 aliphatic carbocycles. The van der Waals surface area contributed by atoms with Gasteiger partial charge in [-0.2, -0.15) is 5.26 Å². The summed E-state index contributed by atoms with van der Waals surface area (Å²) in [7, 11) is 0. The molecular formula is C13H12N2O4. The Bertz CT molecular complexity index is 581. The number of nitrogens with two attached hydrogens (primary N) is 1. The second-order valence-electron chi connectivity index (χ2n) is 3.72. The summed E-state index contributed by atoms with van der Waals surface area (Å²) in [5.74, 6) is -1.52. The lowest BCUT2D eigenvalue weighted by atomic mass is 10.1. The molecule has 0 amide bonds. The van der Waals surface area contributed by atoms with Crippen molar-refractivity contribution in [3.05, 3.63) is 41.1 Å². The van der Waals surface area contributed by atoms with Crippen LogP contribution in [0, 0.1) is 11.3 Å². The number of benzene rings is 1. The fourth-order valence-electron chi connectivity index (χ4n) is 1.29. The van der Waals surface area contributed by atoms with Crippen LogP contribution in [0.2, 0.25) is 0 Å². The molecule has 6 heteroatoms. The highest BCUT2D eigenvalue weighted by Gasteiger charge is 2.15. The Morgan fingerprint density at radius 3 is 2.68 bits per heavy atom. The minimum absolute atomic E-state index is 0.0703. The molecule has 0 unspecified atom stereocenters. The number of hydrogen-bond donors (Lipinski definition) is 2. The van der Waals surface area contributed by atoms with Crippen molar-refractivity contribution in [3.8, 4) is 11.8 Å². The van der Waals surface area contributed by atoms with Crippen molar-refractivity contribution in [2.45, 2.75) is 6.92 Å². The lowest BCUT2D eigenvalue weighted by Crippen LogP contribution is -2.17. The Hall–Kier alpha value is -2.81. The number of nitrogens with zero attached hydrogens (tertiary/aromatic N) is 1. The maximum Gasteiger partial charge on any atom is 0.338 e. The first-order valence-electron chi connectivity index (χ1n) is 5.31. The van der Waals surface area contributed by atoms with Gasteiger partial charge in [-0.25, -0.2) is 4.79 Å². The zero-order valence-corrected chi connectivity index (χ0v) is 10.2. The number of carbonyl (C=O) groups is 2. The van der Waals surface area contributed by atoms with E-state index in [9.17, 15) is 14.7 Å². The van der Waals surface area contributed by atoms with Crippen LogP contribution < -0.4 is 5.73 Å². The molecular weight excluding hydrogens is 248 g/mol. The number of ketones is 1. The maximum atomic E-state index is 11.6. The van der Waals surface area contributed by atoms with Crippen LogP contribution in [0.15, 0.2) is 35.5 Å². The van der Waals surface area contributed by atoms with Gasteiger partial charge in [0, 0.05) is 5.70 Å². The molecule has 0 saturated heterocycles. The molecule has 0 aliphatic heterocycles. The van der Waals surface area contributed by atoms with Gasteiger partial charge < -0.3 is 15.6 Å². The van der Waals surface area contributed by atoms with E-state index in [4.69, 9.17) is 15.7 Å². The van der Waals surface area contributed by atoms with E-state index in [1.54, 1.807) is 6.07 Å². The molecule has 0 radical (unpaired) electrons. The molecule has 0 aliphatic rings. The third kappa shape index (κ3) is 3.85. The zero-order chi connectivity index (χ0) is 14.4. The van der Waals surface area contributed by atoms with Crippen LogP contribution in [0.4, 0.5) is 0 Å². The number of rotatable bonds is 4. The second-order valence-corrected chi connectivity index (χ2v) is 3.72. The first kappa shape index (κ1) is 14.3. The smallest absolute Gasteiger partial charge is 0.338 e. The summed E-state index contributed by atoms with van der Waals surface area (Å²) in [5, 5.41) is 17.9. The summed E-state index contributed by atoms with van der Waals surface area (Å²) in [5.41, 5.74) is 5.30. The highest BCUT2D eigenvalue weighted by Crippen LogP contribution is 2.12. The standard InChI is InChI=1S/C13H12N2O4/c1-8(15)11(6-14)12(17)7-19-13(18)9-3-2-4-10(16)5-9/h2-5,16H,7,15H2,1H3. The Balaban J connectivity index is 2.69. The van der Waals surface area contributed by atoms with Gasteiger partial charge in [-0.1, -0.05) is 6.07 Å².